The molecule has 1 aliphatic rings. The molecule has 20 heavy (non-hydrogen) atoms. The van der Waals surface area contributed by atoms with E-state index >= 15 is 0 Å². The van der Waals surface area contributed by atoms with Crippen LogP contribution >= 0.6 is 24.0 Å². The van der Waals surface area contributed by atoms with Crippen LogP contribution in [0.3, 0.4) is 0 Å². The highest BCUT2D eigenvalue weighted by molar-refractivity contribution is 6.30. The Bertz CT molecular complexity index is 434. The summed E-state index contributed by atoms with van der Waals surface area (Å²) in [4.78, 5) is 11.9. The van der Waals surface area contributed by atoms with Gasteiger partial charge < -0.3 is 10.6 Å². The number of amides is 1. The van der Waals surface area contributed by atoms with E-state index in [-0.39, 0.29) is 24.4 Å². The van der Waals surface area contributed by atoms with Gasteiger partial charge >= 0.3 is 0 Å². The van der Waals surface area contributed by atoms with Crippen molar-refractivity contribution in [1.29, 1.82) is 0 Å². The van der Waals surface area contributed by atoms with Gasteiger partial charge in [0.1, 0.15) is 0 Å². The van der Waals surface area contributed by atoms with Crippen molar-refractivity contribution < 1.29 is 4.79 Å². The van der Waals surface area contributed by atoms with Gasteiger partial charge in [-0.2, -0.15) is 0 Å². The molecule has 0 saturated carbocycles. The van der Waals surface area contributed by atoms with Crippen molar-refractivity contribution >= 4 is 29.9 Å². The normalized spacial score (nSPS) is 19.2. The summed E-state index contributed by atoms with van der Waals surface area (Å²) >= 11 is 5.95. The Labute approximate surface area is 131 Å². The van der Waals surface area contributed by atoms with Crippen LogP contribution in [0.1, 0.15) is 44.2 Å². The van der Waals surface area contributed by atoms with Gasteiger partial charge in [-0.05, 0) is 50.4 Å². The maximum atomic E-state index is 11.9. The van der Waals surface area contributed by atoms with E-state index in [9.17, 15) is 4.79 Å². The molecule has 1 aromatic carbocycles. The minimum absolute atomic E-state index is 0. The largest absolute Gasteiger partial charge is 0.350 e. The number of hydrogen-bond acceptors (Lipinski definition) is 2. The molecule has 1 fully saturated rings. The smallest absolute Gasteiger partial charge is 0.220 e. The van der Waals surface area contributed by atoms with Gasteiger partial charge in [-0.3, -0.25) is 4.79 Å². The first kappa shape index (κ1) is 17.3. The van der Waals surface area contributed by atoms with Crippen molar-refractivity contribution in [3.63, 3.8) is 0 Å². The molecule has 0 aliphatic carbocycles. The Morgan fingerprint density at radius 3 is 3.00 bits per heavy atom. The summed E-state index contributed by atoms with van der Waals surface area (Å²) in [6.07, 6.45) is 3.93. The van der Waals surface area contributed by atoms with Crippen LogP contribution < -0.4 is 10.6 Å². The molecule has 2 atom stereocenters. The Balaban J connectivity index is 0.00000200. The number of benzene rings is 1. The van der Waals surface area contributed by atoms with Gasteiger partial charge in [-0.25, -0.2) is 0 Å². The fraction of sp³-hybridized carbons (Fsp3) is 0.533. The molecule has 0 radical (unpaired) electrons. The molecule has 0 bridgehead atoms. The van der Waals surface area contributed by atoms with Gasteiger partial charge in [0.15, 0.2) is 0 Å². The summed E-state index contributed by atoms with van der Waals surface area (Å²) in [5, 5.41) is 7.13. The van der Waals surface area contributed by atoms with Crippen molar-refractivity contribution in [2.24, 2.45) is 0 Å². The van der Waals surface area contributed by atoms with Crippen molar-refractivity contribution in [2.45, 2.75) is 44.7 Å². The highest BCUT2D eigenvalue weighted by Gasteiger charge is 2.16. The predicted molar refractivity (Wildman–Crippen MR) is 85.5 cm³/mol. The Morgan fingerprint density at radius 1 is 1.55 bits per heavy atom. The first-order valence-electron chi connectivity index (χ1n) is 6.93. The average molecular weight is 317 g/mol. The average Bonchev–Trinajstić information content (AvgIpc) is 2.89. The molecular weight excluding hydrogens is 295 g/mol. The molecule has 0 aromatic heterocycles. The molecule has 1 heterocycles. The fourth-order valence-corrected chi connectivity index (χ4v) is 2.68. The molecule has 1 aliphatic heterocycles. The first-order valence-corrected chi connectivity index (χ1v) is 7.31. The zero-order valence-electron chi connectivity index (χ0n) is 11.7. The third-order valence-electron chi connectivity index (χ3n) is 3.61. The lowest BCUT2D eigenvalue weighted by atomic mass is 10.1. The highest BCUT2D eigenvalue weighted by atomic mass is 35.5. The van der Waals surface area contributed by atoms with Crippen LogP contribution in [0, 0.1) is 0 Å². The fourth-order valence-electron chi connectivity index (χ4n) is 2.48. The van der Waals surface area contributed by atoms with E-state index in [4.69, 9.17) is 11.6 Å². The molecule has 1 aromatic rings. The summed E-state index contributed by atoms with van der Waals surface area (Å²) in [6, 6.07) is 8.14. The molecule has 1 amide bonds. The van der Waals surface area contributed by atoms with E-state index in [1.165, 1.54) is 12.8 Å². The van der Waals surface area contributed by atoms with Gasteiger partial charge in [-0.1, -0.05) is 23.7 Å². The second-order valence-corrected chi connectivity index (χ2v) is 5.61. The molecule has 3 nitrogen and oxygen atoms in total. The number of halogens is 2. The predicted octanol–water partition coefficient (Wildman–Crippen LogP) is 3.47. The molecule has 5 heteroatoms. The molecule has 0 spiro atoms. The monoisotopic (exact) mass is 316 g/mol. The zero-order valence-corrected chi connectivity index (χ0v) is 13.3. The standard InChI is InChI=1S/C15H21ClN2O.ClH/c1-11(12-4-2-5-13(16)10-12)18-15(19)8-7-14-6-3-9-17-14;/h2,4-5,10-11,14,17H,3,6-9H2,1H3,(H,18,19);1H. The van der Waals surface area contributed by atoms with Crippen LogP contribution in [0.4, 0.5) is 0 Å². The number of carbonyl (C=O) groups excluding carboxylic acids is 1. The van der Waals surface area contributed by atoms with Gasteiger partial charge in [0, 0.05) is 17.5 Å². The van der Waals surface area contributed by atoms with Crippen LogP contribution in [0.5, 0.6) is 0 Å². The van der Waals surface area contributed by atoms with Crippen LogP contribution in [0.25, 0.3) is 0 Å². The summed E-state index contributed by atoms with van der Waals surface area (Å²) in [5.41, 5.74) is 1.04. The van der Waals surface area contributed by atoms with Gasteiger partial charge in [0.05, 0.1) is 6.04 Å². The summed E-state index contributed by atoms with van der Waals surface area (Å²) in [5.74, 6) is 0.112. The number of nitrogens with one attached hydrogen (secondary N) is 2. The minimum atomic E-state index is 0. The number of rotatable bonds is 5. The summed E-state index contributed by atoms with van der Waals surface area (Å²) in [6.45, 7) is 3.07. The lowest BCUT2D eigenvalue weighted by molar-refractivity contribution is -0.121. The topological polar surface area (TPSA) is 41.1 Å². The van der Waals surface area contributed by atoms with E-state index in [0.29, 0.717) is 17.5 Å². The van der Waals surface area contributed by atoms with E-state index in [1.807, 2.05) is 31.2 Å². The van der Waals surface area contributed by atoms with Crippen molar-refractivity contribution in [3.05, 3.63) is 34.9 Å². The molecule has 112 valence electrons. The Kier molecular flexibility index (Phi) is 7.35. The Hall–Kier alpha value is -0.770. The first-order chi connectivity index (χ1) is 9.15. The van der Waals surface area contributed by atoms with E-state index in [0.717, 1.165) is 18.5 Å². The van der Waals surface area contributed by atoms with Crippen molar-refractivity contribution in [1.82, 2.24) is 10.6 Å². The third-order valence-corrected chi connectivity index (χ3v) is 3.84. The quantitative estimate of drug-likeness (QED) is 0.873. The van der Waals surface area contributed by atoms with Crippen molar-refractivity contribution in [3.8, 4) is 0 Å². The van der Waals surface area contributed by atoms with E-state index in [2.05, 4.69) is 10.6 Å². The lowest BCUT2D eigenvalue weighted by Crippen LogP contribution is -2.29. The lowest BCUT2D eigenvalue weighted by Gasteiger charge is -2.16. The second-order valence-electron chi connectivity index (χ2n) is 5.18. The minimum Gasteiger partial charge on any atom is -0.350 e. The number of hydrogen-bond donors (Lipinski definition) is 2. The van der Waals surface area contributed by atoms with E-state index in [1.54, 1.807) is 0 Å². The van der Waals surface area contributed by atoms with Crippen LogP contribution in [0.15, 0.2) is 24.3 Å². The van der Waals surface area contributed by atoms with Crippen LogP contribution in [0.2, 0.25) is 5.02 Å². The summed E-state index contributed by atoms with van der Waals surface area (Å²) < 4.78 is 0. The van der Waals surface area contributed by atoms with Crippen molar-refractivity contribution in [2.75, 3.05) is 6.54 Å². The molecule has 1 saturated heterocycles. The van der Waals surface area contributed by atoms with Crippen LogP contribution in [-0.4, -0.2) is 18.5 Å². The maximum absolute atomic E-state index is 11.9. The molecular formula is C15H22Cl2N2O. The van der Waals surface area contributed by atoms with Gasteiger partial charge in [-0.15, -0.1) is 12.4 Å². The summed E-state index contributed by atoms with van der Waals surface area (Å²) in [7, 11) is 0. The van der Waals surface area contributed by atoms with Crippen LogP contribution in [-0.2, 0) is 4.79 Å². The highest BCUT2D eigenvalue weighted by Crippen LogP contribution is 2.18. The maximum Gasteiger partial charge on any atom is 0.220 e. The third kappa shape index (κ3) is 5.31. The molecule has 2 N–H and O–H groups in total. The van der Waals surface area contributed by atoms with Gasteiger partial charge in [0.25, 0.3) is 0 Å². The zero-order chi connectivity index (χ0) is 13.7. The SMILES string of the molecule is CC(NC(=O)CCC1CCCN1)c1cccc(Cl)c1.Cl. The molecule has 2 rings (SSSR count). The van der Waals surface area contributed by atoms with Gasteiger partial charge in [0.2, 0.25) is 5.91 Å². The van der Waals surface area contributed by atoms with E-state index < -0.39 is 0 Å². The second kappa shape index (κ2) is 8.50. The Morgan fingerprint density at radius 2 is 2.35 bits per heavy atom. The number of carbonyl (C=O) groups is 1. The molecule has 2 unspecified atom stereocenters.